The van der Waals surface area contributed by atoms with Crippen LogP contribution in [0.1, 0.15) is 4.88 Å². The average Bonchev–Trinajstić information content (AvgIpc) is 2.90. The lowest BCUT2D eigenvalue weighted by molar-refractivity contribution is 0.305. The average molecular weight is 265 g/mol. The molecule has 0 unspecified atom stereocenters. The summed E-state index contributed by atoms with van der Waals surface area (Å²) in [4.78, 5) is 1.14. The molecule has 1 aromatic carbocycles. The van der Waals surface area contributed by atoms with Crippen molar-refractivity contribution >= 4 is 17.0 Å². The van der Waals surface area contributed by atoms with Crippen molar-refractivity contribution in [3.05, 3.63) is 34.5 Å². The van der Waals surface area contributed by atoms with Crippen LogP contribution < -0.4 is 19.9 Å². The molecule has 0 atom stereocenters. The van der Waals surface area contributed by atoms with Crippen molar-refractivity contribution in [1.29, 1.82) is 0 Å². The number of nitrogen functional groups attached to an aromatic ring is 1. The number of ether oxygens (including phenoxy) is 3. The van der Waals surface area contributed by atoms with Crippen LogP contribution in [-0.4, -0.2) is 14.2 Å². The van der Waals surface area contributed by atoms with Gasteiger partial charge in [0.05, 0.1) is 19.9 Å². The summed E-state index contributed by atoms with van der Waals surface area (Å²) in [6.07, 6.45) is 0. The molecule has 4 nitrogen and oxygen atoms in total. The minimum Gasteiger partial charge on any atom is -0.493 e. The summed E-state index contributed by atoms with van der Waals surface area (Å²) < 4.78 is 16.0. The fourth-order valence-corrected chi connectivity index (χ4v) is 2.16. The highest BCUT2D eigenvalue weighted by molar-refractivity contribution is 7.09. The van der Waals surface area contributed by atoms with Gasteiger partial charge in [0, 0.05) is 17.0 Å². The van der Waals surface area contributed by atoms with E-state index >= 15 is 0 Å². The van der Waals surface area contributed by atoms with Crippen LogP contribution in [0.3, 0.4) is 0 Å². The van der Waals surface area contributed by atoms with Gasteiger partial charge >= 0.3 is 0 Å². The van der Waals surface area contributed by atoms with Gasteiger partial charge in [-0.2, -0.15) is 0 Å². The van der Waals surface area contributed by atoms with Crippen LogP contribution in [0.5, 0.6) is 17.2 Å². The minimum absolute atomic E-state index is 0.497. The van der Waals surface area contributed by atoms with Gasteiger partial charge in [-0.3, -0.25) is 0 Å². The highest BCUT2D eigenvalue weighted by atomic mass is 32.1. The Balaban J connectivity index is 2.17. The molecule has 0 bridgehead atoms. The van der Waals surface area contributed by atoms with E-state index in [2.05, 4.69) is 0 Å². The predicted octanol–water partition coefficient (Wildman–Crippen LogP) is 2.93. The molecule has 1 aromatic heterocycles. The van der Waals surface area contributed by atoms with Crippen molar-refractivity contribution in [2.75, 3.05) is 20.0 Å². The van der Waals surface area contributed by atoms with Crippen LogP contribution >= 0.6 is 11.3 Å². The Morgan fingerprint density at radius 3 is 2.44 bits per heavy atom. The Hall–Kier alpha value is -1.88. The number of rotatable bonds is 5. The fraction of sp³-hybridized carbons (Fsp3) is 0.231. The van der Waals surface area contributed by atoms with Gasteiger partial charge in [-0.15, -0.1) is 11.3 Å². The third-order valence-corrected chi connectivity index (χ3v) is 3.32. The van der Waals surface area contributed by atoms with E-state index in [1.165, 1.54) is 0 Å². The smallest absolute Gasteiger partial charge is 0.164 e. The summed E-state index contributed by atoms with van der Waals surface area (Å²) >= 11 is 1.64. The van der Waals surface area contributed by atoms with Gasteiger partial charge in [-0.05, 0) is 11.4 Å². The molecule has 2 rings (SSSR count). The van der Waals surface area contributed by atoms with Crippen molar-refractivity contribution in [3.8, 4) is 17.2 Å². The lowest BCUT2D eigenvalue weighted by Crippen LogP contribution is -1.99. The molecule has 2 N–H and O–H groups in total. The molecule has 0 saturated carbocycles. The summed E-state index contributed by atoms with van der Waals surface area (Å²) in [7, 11) is 3.15. The zero-order valence-electron chi connectivity index (χ0n) is 10.3. The van der Waals surface area contributed by atoms with Crippen LogP contribution in [0.2, 0.25) is 0 Å². The Morgan fingerprint density at radius 2 is 1.83 bits per heavy atom. The normalized spacial score (nSPS) is 10.1. The summed E-state index contributed by atoms with van der Waals surface area (Å²) in [5.41, 5.74) is 6.43. The SMILES string of the molecule is COc1cc(N)c(OCc2cccs2)cc1OC. The van der Waals surface area contributed by atoms with E-state index in [1.54, 1.807) is 37.7 Å². The minimum atomic E-state index is 0.497. The number of hydrogen-bond donors (Lipinski definition) is 1. The van der Waals surface area contributed by atoms with Crippen LogP contribution in [-0.2, 0) is 6.61 Å². The predicted molar refractivity (Wildman–Crippen MR) is 72.6 cm³/mol. The maximum absolute atomic E-state index is 5.90. The molecular formula is C13H15NO3S. The van der Waals surface area contributed by atoms with Gasteiger partial charge in [-0.1, -0.05) is 6.07 Å². The van der Waals surface area contributed by atoms with E-state index < -0.39 is 0 Å². The monoisotopic (exact) mass is 265 g/mol. The first kappa shape index (κ1) is 12.6. The van der Waals surface area contributed by atoms with Gasteiger partial charge in [-0.25, -0.2) is 0 Å². The van der Waals surface area contributed by atoms with Crippen molar-refractivity contribution in [2.24, 2.45) is 0 Å². The molecule has 0 radical (unpaired) electrons. The van der Waals surface area contributed by atoms with Gasteiger partial charge in [0.25, 0.3) is 0 Å². The Morgan fingerprint density at radius 1 is 1.11 bits per heavy atom. The quantitative estimate of drug-likeness (QED) is 0.844. The first-order valence-corrected chi connectivity index (χ1v) is 6.29. The largest absolute Gasteiger partial charge is 0.493 e. The van der Waals surface area contributed by atoms with Crippen LogP contribution in [0.25, 0.3) is 0 Å². The first-order valence-electron chi connectivity index (χ1n) is 5.41. The molecule has 0 aliphatic rings. The van der Waals surface area contributed by atoms with Gasteiger partial charge in [0.1, 0.15) is 12.4 Å². The second kappa shape index (κ2) is 5.64. The molecule has 0 aliphatic carbocycles. The molecule has 96 valence electrons. The Labute approximate surface area is 110 Å². The van der Waals surface area contributed by atoms with Crippen molar-refractivity contribution < 1.29 is 14.2 Å². The van der Waals surface area contributed by atoms with Gasteiger partial charge < -0.3 is 19.9 Å². The molecule has 5 heteroatoms. The second-order valence-electron chi connectivity index (χ2n) is 3.61. The third-order valence-electron chi connectivity index (χ3n) is 2.47. The van der Waals surface area contributed by atoms with Crippen LogP contribution in [0, 0.1) is 0 Å². The molecule has 0 amide bonds. The van der Waals surface area contributed by atoms with Gasteiger partial charge in [0.15, 0.2) is 11.5 Å². The zero-order valence-corrected chi connectivity index (χ0v) is 11.1. The lowest BCUT2D eigenvalue weighted by atomic mass is 10.2. The molecule has 0 saturated heterocycles. The zero-order chi connectivity index (χ0) is 13.0. The number of anilines is 1. The third kappa shape index (κ3) is 2.68. The molecule has 2 aromatic rings. The van der Waals surface area contributed by atoms with E-state index in [9.17, 15) is 0 Å². The molecular weight excluding hydrogens is 250 g/mol. The number of hydrogen-bond acceptors (Lipinski definition) is 5. The standard InChI is InChI=1S/C13H15NO3S/c1-15-12-6-10(14)11(7-13(12)16-2)17-8-9-4-3-5-18-9/h3-7H,8,14H2,1-2H3. The lowest BCUT2D eigenvalue weighted by Gasteiger charge is -2.13. The fourth-order valence-electron chi connectivity index (χ4n) is 1.54. The van der Waals surface area contributed by atoms with E-state index in [0.717, 1.165) is 4.88 Å². The van der Waals surface area contributed by atoms with E-state index in [1.807, 2.05) is 17.5 Å². The Bertz CT molecular complexity index is 511. The van der Waals surface area contributed by atoms with Gasteiger partial charge in [0.2, 0.25) is 0 Å². The summed E-state index contributed by atoms with van der Waals surface area (Å²) in [5, 5.41) is 2.01. The van der Waals surface area contributed by atoms with Crippen LogP contribution in [0.15, 0.2) is 29.6 Å². The topological polar surface area (TPSA) is 53.7 Å². The highest BCUT2D eigenvalue weighted by Crippen LogP contribution is 2.36. The van der Waals surface area contributed by atoms with Crippen molar-refractivity contribution in [3.63, 3.8) is 0 Å². The molecule has 0 fully saturated rings. The summed E-state index contributed by atoms with van der Waals surface area (Å²) in [6.45, 7) is 0.497. The first-order chi connectivity index (χ1) is 8.74. The number of thiophene rings is 1. The van der Waals surface area contributed by atoms with E-state index in [-0.39, 0.29) is 0 Å². The number of methoxy groups -OCH3 is 2. The maximum Gasteiger partial charge on any atom is 0.164 e. The number of nitrogens with two attached hydrogens (primary N) is 1. The Kier molecular flexibility index (Phi) is 3.94. The number of benzene rings is 1. The summed E-state index contributed by atoms with van der Waals surface area (Å²) in [5.74, 6) is 1.80. The molecule has 1 heterocycles. The van der Waals surface area contributed by atoms with E-state index in [0.29, 0.717) is 29.5 Å². The summed E-state index contributed by atoms with van der Waals surface area (Å²) in [6, 6.07) is 7.44. The second-order valence-corrected chi connectivity index (χ2v) is 4.65. The van der Waals surface area contributed by atoms with E-state index in [4.69, 9.17) is 19.9 Å². The molecule has 0 spiro atoms. The highest BCUT2D eigenvalue weighted by Gasteiger charge is 2.10. The molecule has 18 heavy (non-hydrogen) atoms. The maximum atomic E-state index is 5.90. The van der Waals surface area contributed by atoms with Crippen molar-refractivity contribution in [2.45, 2.75) is 6.61 Å². The van der Waals surface area contributed by atoms with Crippen molar-refractivity contribution in [1.82, 2.24) is 0 Å². The van der Waals surface area contributed by atoms with Crippen LogP contribution in [0.4, 0.5) is 5.69 Å². The molecule has 0 aliphatic heterocycles.